The van der Waals surface area contributed by atoms with E-state index in [1.807, 2.05) is 36.4 Å². The zero-order chi connectivity index (χ0) is 21.8. The van der Waals surface area contributed by atoms with Gasteiger partial charge in [0.05, 0.1) is 18.6 Å². The number of methoxy groups -OCH3 is 1. The molecule has 0 saturated heterocycles. The molecule has 2 aromatic carbocycles. The van der Waals surface area contributed by atoms with E-state index in [0.29, 0.717) is 22.1 Å². The van der Waals surface area contributed by atoms with Gasteiger partial charge in [0.1, 0.15) is 5.75 Å². The van der Waals surface area contributed by atoms with E-state index in [1.54, 1.807) is 35.9 Å². The zero-order valence-electron chi connectivity index (χ0n) is 16.9. The summed E-state index contributed by atoms with van der Waals surface area (Å²) in [5.74, 6) is 0.667. The molecule has 1 N–H and O–H groups in total. The van der Waals surface area contributed by atoms with Crippen molar-refractivity contribution in [2.24, 2.45) is 0 Å². The van der Waals surface area contributed by atoms with Gasteiger partial charge in [-0.15, -0.1) is 10.2 Å². The summed E-state index contributed by atoms with van der Waals surface area (Å²) in [5, 5.41) is 16.2. The maximum atomic E-state index is 12.3. The molecule has 4 aromatic rings. The Bertz CT molecular complexity index is 1250. The number of Topliss-reactive ketones (excluding diaryl/α,β-unsaturated/α-hetero) is 1. The number of aromatic nitrogens is 4. The lowest BCUT2D eigenvalue weighted by molar-refractivity contribution is -0.113. The van der Waals surface area contributed by atoms with Crippen molar-refractivity contribution < 1.29 is 14.3 Å². The molecule has 0 aliphatic rings. The van der Waals surface area contributed by atoms with Gasteiger partial charge < -0.3 is 10.1 Å². The third-order valence-electron chi connectivity index (χ3n) is 4.51. The van der Waals surface area contributed by atoms with Gasteiger partial charge in [-0.1, -0.05) is 23.9 Å². The van der Waals surface area contributed by atoms with E-state index < -0.39 is 0 Å². The van der Waals surface area contributed by atoms with Gasteiger partial charge in [-0.05, 0) is 55.5 Å². The highest BCUT2D eigenvalue weighted by Crippen LogP contribution is 2.24. The fraction of sp³-hybridized carbons (Fsp3) is 0.136. The first-order valence-corrected chi connectivity index (χ1v) is 10.4. The van der Waals surface area contributed by atoms with Gasteiger partial charge >= 0.3 is 0 Å². The van der Waals surface area contributed by atoms with Crippen molar-refractivity contribution in [3.8, 4) is 17.0 Å². The molecule has 31 heavy (non-hydrogen) atoms. The van der Waals surface area contributed by atoms with Crippen LogP contribution < -0.4 is 10.1 Å². The first-order valence-electron chi connectivity index (χ1n) is 9.44. The number of hydrogen-bond acceptors (Lipinski definition) is 7. The Morgan fingerprint density at radius 2 is 1.87 bits per heavy atom. The molecule has 8 nitrogen and oxygen atoms in total. The van der Waals surface area contributed by atoms with Gasteiger partial charge in [-0.2, -0.15) is 9.61 Å². The molecular formula is C22H19N5O3S. The summed E-state index contributed by atoms with van der Waals surface area (Å²) in [6.45, 7) is 1.50. The molecule has 0 atom stereocenters. The van der Waals surface area contributed by atoms with Crippen LogP contribution in [0.15, 0.2) is 65.8 Å². The van der Waals surface area contributed by atoms with Crippen LogP contribution in [0.25, 0.3) is 16.9 Å². The summed E-state index contributed by atoms with van der Waals surface area (Å²) in [5.41, 5.74) is 3.45. The first kappa shape index (κ1) is 20.5. The Kier molecular flexibility index (Phi) is 5.94. The molecule has 0 unspecified atom stereocenters. The fourth-order valence-electron chi connectivity index (χ4n) is 2.91. The molecule has 1 amide bonds. The van der Waals surface area contributed by atoms with Crippen molar-refractivity contribution in [3.63, 3.8) is 0 Å². The minimum Gasteiger partial charge on any atom is -0.497 e. The minimum atomic E-state index is -0.193. The van der Waals surface area contributed by atoms with Gasteiger partial charge in [0.25, 0.3) is 0 Å². The molecule has 4 rings (SSSR count). The average Bonchev–Trinajstić information content (AvgIpc) is 3.20. The van der Waals surface area contributed by atoms with Crippen LogP contribution in [0.4, 0.5) is 5.69 Å². The Labute approximate surface area is 182 Å². The average molecular weight is 433 g/mol. The number of carbonyl (C=O) groups excluding carboxylic acids is 2. The summed E-state index contributed by atoms with van der Waals surface area (Å²) < 4.78 is 6.90. The molecule has 9 heteroatoms. The van der Waals surface area contributed by atoms with Crippen LogP contribution in [0.5, 0.6) is 5.75 Å². The largest absolute Gasteiger partial charge is 0.497 e. The monoisotopic (exact) mass is 433 g/mol. The van der Waals surface area contributed by atoms with Crippen molar-refractivity contribution in [2.75, 3.05) is 18.2 Å². The van der Waals surface area contributed by atoms with Gasteiger partial charge in [-0.3, -0.25) is 9.59 Å². The molecule has 0 aliphatic heterocycles. The van der Waals surface area contributed by atoms with Crippen LogP contribution in [-0.4, -0.2) is 44.4 Å². The molecular weight excluding hydrogens is 414 g/mol. The lowest BCUT2D eigenvalue weighted by Crippen LogP contribution is -2.14. The number of amides is 1. The Hall–Kier alpha value is -3.72. The number of thioether (sulfide) groups is 1. The summed E-state index contributed by atoms with van der Waals surface area (Å²) in [6, 6.07) is 18.1. The Morgan fingerprint density at radius 3 is 2.61 bits per heavy atom. The van der Waals surface area contributed by atoms with Crippen LogP contribution in [-0.2, 0) is 4.79 Å². The predicted molar refractivity (Wildman–Crippen MR) is 119 cm³/mol. The van der Waals surface area contributed by atoms with Crippen LogP contribution in [0.1, 0.15) is 17.3 Å². The number of ether oxygens (including phenoxy) is 1. The molecule has 0 spiro atoms. The number of benzene rings is 2. The third kappa shape index (κ3) is 4.72. The van der Waals surface area contributed by atoms with Gasteiger partial charge in [0.2, 0.25) is 11.1 Å². The van der Waals surface area contributed by atoms with Crippen molar-refractivity contribution in [3.05, 3.63) is 66.2 Å². The summed E-state index contributed by atoms with van der Waals surface area (Å²) >= 11 is 1.24. The second kappa shape index (κ2) is 8.97. The minimum absolute atomic E-state index is 0.0204. The third-order valence-corrected chi connectivity index (χ3v) is 5.43. The van der Waals surface area contributed by atoms with Crippen LogP contribution in [0.3, 0.4) is 0 Å². The second-order valence-corrected chi connectivity index (χ2v) is 7.62. The van der Waals surface area contributed by atoms with E-state index in [1.165, 1.54) is 18.7 Å². The highest BCUT2D eigenvalue weighted by molar-refractivity contribution is 7.99. The lowest BCUT2D eigenvalue weighted by atomic mass is 10.1. The smallest absolute Gasteiger partial charge is 0.234 e. The van der Waals surface area contributed by atoms with Gasteiger partial charge in [0.15, 0.2) is 11.4 Å². The molecule has 0 radical (unpaired) electrons. The van der Waals surface area contributed by atoms with Crippen molar-refractivity contribution in [1.29, 1.82) is 0 Å². The molecule has 0 saturated carbocycles. The zero-order valence-corrected chi connectivity index (χ0v) is 17.7. The van der Waals surface area contributed by atoms with Gasteiger partial charge in [0, 0.05) is 16.8 Å². The number of fused-ring (bicyclic) bond motifs is 1. The van der Waals surface area contributed by atoms with E-state index >= 15 is 0 Å². The molecule has 156 valence electrons. The topological polar surface area (TPSA) is 98.5 Å². The maximum Gasteiger partial charge on any atom is 0.234 e. The van der Waals surface area contributed by atoms with E-state index in [4.69, 9.17) is 4.74 Å². The van der Waals surface area contributed by atoms with E-state index in [0.717, 1.165) is 17.0 Å². The van der Waals surface area contributed by atoms with Crippen molar-refractivity contribution >= 4 is 34.8 Å². The number of carbonyl (C=O) groups is 2. The fourth-order valence-corrected chi connectivity index (χ4v) is 3.60. The number of rotatable bonds is 7. The number of ketones is 1. The maximum absolute atomic E-state index is 12.3. The standard InChI is InChI=1S/C22H19N5O3S/c1-14(28)15-6-8-17(9-7-15)23-21(29)13-31-22-25-24-20-11-10-19(26-27(20)22)16-4-3-5-18(12-16)30-2/h3-12H,13H2,1-2H3,(H,23,29). The van der Waals surface area contributed by atoms with E-state index in [2.05, 4.69) is 20.6 Å². The highest BCUT2D eigenvalue weighted by atomic mass is 32.2. The lowest BCUT2D eigenvalue weighted by Gasteiger charge is -2.06. The summed E-state index contributed by atoms with van der Waals surface area (Å²) in [4.78, 5) is 23.7. The van der Waals surface area contributed by atoms with Crippen molar-refractivity contribution in [1.82, 2.24) is 19.8 Å². The number of nitrogens with zero attached hydrogens (tertiary/aromatic N) is 4. The van der Waals surface area contributed by atoms with E-state index in [-0.39, 0.29) is 17.4 Å². The van der Waals surface area contributed by atoms with Gasteiger partial charge in [-0.25, -0.2) is 0 Å². The van der Waals surface area contributed by atoms with Crippen molar-refractivity contribution in [2.45, 2.75) is 12.1 Å². The quantitative estimate of drug-likeness (QED) is 0.350. The van der Waals surface area contributed by atoms with Crippen LogP contribution in [0, 0.1) is 0 Å². The van der Waals surface area contributed by atoms with Crippen LogP contribution >= 0.6 is 11.8 Å². The number of anilines is 1. The normalized spacial score (nSPS) is 10.8. The molecule has 0 aliphatic carbocycles. The highest BCUT2D eigenvalue weighted by Gasteiger charge is 2.12. The molecule has 0 fully saturated rings. The van der Waals surface area contributed by atoms with E-state index in [9.17, 15) is 9.59 Å². The summed E-state index contributed by atoms with van der Waals surface area (Å²) in [6.07, 6.45) is 0. The summed E-state index contributed by atoms with van der Waals surface area (Å²) in [7, 11) is 1.62. The SMILES string of the molecule is COc1cccc(-c2ccc3nnc(SCC(=O)Nc4ccc(C(C)=O)cc4)n3n2)c1. The number of nitrogens with one attached hydrogen (secondary N) is 1. The Balaban J connectivity index is 1.46. The molecule has 0 bridgehead atoms. The van der Waals surface area contributed by atoms with Crippen LogP contribution in [0.2, 0.25) is 0 Å². The first-order chi connectivity index (χ1) is 15.0. The number of hydrogen-bond donors (Lipinski definition) is 1. The second-order valence-electron chi connectivity index (χ2n) is 6.67. The molecule has 2 aromatic heterocycles. The Morgan fingerprint density at radius 1 is 1.06 bits per heavy atom. The predicted octanol–water partition coefficient (Wildman–Crippen LogP) is 3.73. The molecule has 2 heterocycles.